The zero-order valence-corrected chi connectivity index (χ0v) is 15.7. The second-order valence-corrected chi connectivity index (χ2v) is 7.52. The van der Waals surface area contributed by atoms with E-state index in [1.807, 2.05) is 13.8 Å². The molecule has 5 heteroatoms. The topological polar surface area (TPSA) is 76.0 Å². The molecular formula is C19H34O5. The van der Waals surface area contributed by atoms with Gasteiger partial charge in [-0.2, -0.15) is 0 Å². The maximum atomic E-state index is 12.1. The van der Waals surface area contributed by atoms with Gasteiger partial charge in [-0.25, -0.2) is 0 Å². The molecule has 5 unspecified atom stereocenters. The maximum Gasteiger partial charge on any atom is 0.308 e. The Balaban J connectivity index is 2.95. The lowest BCUT2D eigenvalue weighted by Crippen LogP contribution is -2.38. The van der Waals surface area contributed by atoms with Gasteiger partial charge in [0.15, 0.2) is 0 Å². The van der Waals surface area contributed by atoms with Crippen LogP contribution in [0.1, 0.15) is 47.0 Å². The van der Waals surface area contributed by atoms with Crippen LogP contribution in [-0.4, -0.2) is 48.2 Å². The first-order valence-corrected chi connectivity index (χ1v) is 8.91. The standard InChI is InChI=1S/C19H34O5/c1-11-7-13(3)19(22)24-10-17(20)18(21)15(5)14(4)12(2)9-16(8-11)23-6/h11-13,15-18,20-21H,4,7-10H2,1-3,5-6H3/t11-,12+,13?,15?,16?,17?,18?/m0/s1. The fraction of sp³-hybridized carbons (Fsp3) is 0.842. The van der Waals surface area contributed by atoms with Gasteiger partial charge in [-0.15, -0.1) is 0 Å². The first-order valence-electron chi connectivity index (χ1n) is 8.91. The van der Waals surface area contributed by atoms with Crippen molar-refractivity contribution in [1.29, 1.82) is 0 Å². The smallest absolute Gasteiger partial charge is 0.308 e. The van der Waals surface area contributed by atoms with E-state index < -0.39 is 12.2 Å². The number of esters is 1. The van der Waals surface area contributed by atoms with Crippen molar-refractivity contribution in [3.05, 3.63) is 12.2 Å². The van der Waals surface area contributed by atoms with E-state index >= 15 is 0 Å². The van der Waals surface area contributed by atoms with E-state index in [0.29, 0.717) is 12.3 Å². The van der Waals surface area contributed by atoms with E-state index in [-0.39, 0.29) is 36.4 Å². The minimum Gasteiger partial charge on any atom is -0.463 e. The minimum absolute atomic E-state index is 0.0761. The first kappa shape index (κ1) is 21.1. The molecule has 1 fully saturated rings. The number of ether oxygens (including phenoxy) is 2. The lowest BCUT2D eigenvalue weighted by molar-refractivity contribution is -0.154. The molecule has 0 spiro atoms. The summed E-state index contributed by atoms with van der Waals surface area (Å²) in [6, 6.07) is 0. The molecule has 140 valence electrons. The normalized spacial score (nSPS) is 40.7. The molecule has 1 heterocycles. The highest BCUT2D eigenvalue weighted by Gasteiger charge is 2.30. The number of aliphatic hydroxyl groups excluding tert-OH is 2. The summed E-state index contributed by atoms with van der Waals surface area (Å²) in [5.41, 5.74) is 0.882. The average molecular weight is 342 g/mol. The molecule has 24 heavy (non-hydrogen) atoms. The highest BCUT2D eigenvalue weighted by atomic mass is 16.5. The molecule has 0 saturated carbocycles. The van der Waals surface area contributed by atoms with Crippen LogP contribution in [0.5, 0.6) is 0 Å². The van der Waals surface area contributed by atoms with Crippen molar-refractivity contribution < 1.29 is 24.5 Å². The van der Waals surface area contributed by atoms with Crippen LogP contribution in [0.25, 0.3) is 0 Å². The number of carbonyl (C=O) groups is 1. The van der Waals surface area contributed by atoms with Crippen molar-refractivity contribution in [2.24, 2.45) is 23.7 Å². The third kappa shape index (κ3) is 5.87. The Labute approximate surface area is 146 Å². The SMILES string of the molecule is C=C1C(C)C(O)C(O)COC(=O)C(C)C[C@H](C)CC(OC)C[C@H]1C. The zero-order chi connectivity index (χ0) is 18.4. The van der Waals surface area contributed by atoms with Gasteiger partial charge in [0.25, 0.3) is 0 Å². The molecule has 0 aliphatic carbocycles. The van der Waals surface area contributed by atoms with Crippen molar-refractivity contribution in [2.75, 3.05) is 13.7 Å². The zero-order valence-electron chi connectivity index (χ0n) is 15.7. The van der Waals surface area contributed by atoms with E-state index in [1.54, 1.807) is 7.11 Å². The first-order chi connectivity index (χ1) is 11.2. The van der Waals surface area contributed by atoms with Crippen molar-refractivity contribution >= 4 is 5.97 Å². The molecule has 1 saturated heterocycles. The molecule has 0 amide bonds. The summed E-state index contributed by atoms with van der Waals surface area (Å²) in [7, 11) is 1.70. The van der Waals surface area contributed by atoms with E-state index in [9.17, 15) is 15.0 Å². The van der Waals surface area contributed by atoms with E-state index in [2.05, 4.69) is 20.4 Å². The Hall–Kier alpha value is -0.910. The van der Waals surface area contributed by atoms with Crippen LogP contribution in [0.4, 0.5) is 0 Å². The number of carbonyl (C=O) groups excluding carboxylic acids is 1. The summed E-state index contributed by atoms with van der Waals surface area (Å²) < 4.78 is 10.8. The van der Waals surface area contributed by atoms with Crippen molar-refractivity contribution in [2.45, 2.75) is 65.3 Å². The molecule has 0 aromatic rings. The number of aliphatic hydroxyl groups is 2. The molecule has 0 radical (unpaired) electrons. The van der Waals surface area contributed by atoms with Crippen LogP contribution < -0.4 is 0 Å². The summed E-state index contributed by atoms with van der Waals surface area (Å²) in [5.74, 6) is -0.367. The number of hydrogen-bond acceptors (Lipinski definition) is 5. The molecule has 5 nitrogen and oxygen atoms in total. The van der Waals surface area contributed by atoms with Gasteiger partial charge < -0.3 is 19.7 Å². The molecule has 1 rings (SSSR count). The number of hydrogen-bond donors (Lipinski definition) is 2. The molecule has 7 atom stereocenters. The summed E-state index contributed by atoms with van der Waals surface area (Å²) in [6.07, 6.45) is 0.344. The lowest BCUT2D eigenvalue weighted by Gasteiger charge is -2.31. The molecule has 0 bridgehead atoms. The second-order valence-electron chi connectivity index (χ2n) is 7.52. The highest BCUT2D eigenvalue weighted by Crippen LogP contribution is 2.30. The van der Waals surface area contributed by atoms with Crippen LogP contribution >= 0.6 is 0 Å². The van der Waals surface area contributed by atoms with Gasteiger partial charge in [0, 0.05) is 13.0 Å². The quantitative estimate of drug-likeness (QED) is 0.566. The predicted molar refractivity (Wildman–Crippen MR) is 93.4 cm³/mol. The third-order valence-electron chi connectivity index (χ3n) is 5.29. The lowest BCUT2D eigenvalue weighted by atomic mass is 9.81. The summed E-state index contributed by atoms with van der Waals surface area (Å²) in [4.78, 5) is 12.1. The van der Waals surface area contributed by atoms with Crippen LogP contribution in [-0.2, 0) is 14.3 Å². The predicted octanol–water partition coefficient (Wildman–Crippen LogP) is 2.55. The third-order valence-corrected chi connectivity index (χ3v) is 5.29. The molecule has 0 aromatic carbocycles. The highest BCUT2D eigenvalue weighted by molar-refractivity contribution is 5.71. The van der Waals surface area contributed by atoms with Gasteiger partial charge in [-0.1, -0.05) is 39.8 Å². The molecular weight excluding hydrogens is 308 g/mol. The summed E-state index contributed by atoms with van der Waals surface area (Å²) in [6.45, 7) is 11.8. The number of methoxy groups -OCH3 is 1. The van der Waals surface area contributed by atoms with E-state index in [0.717, 1.165) is 18.4 Å². The van der Waals surface area contributed by atoms with Crippen LogP contribution in [0, 0.1) is 23.7 Å². The Morgan fingerprint density at radius 1 is 1.08 bits per heavy atom. The van der Waals surface area contributed by atoms with E-state index in [4.69, 9.17) is 9.47 Å². The van der Waals surface area contributed by atoms with Crippen LogP contribution in [0.2, 0.25) is 0 Å². The number of rotatable bonds is 1. The van der Waals surface area contributed by atoms with Crippen molar-refractivity contribution in [1.82, 2.24) is 0 Å². The average Bonchev–Trinajstić information content (AvgIpc) is 2.55. The van der Waals surface area contributed by atoms with Crippen LogP contribution in [0.15, 0.2) is 12.2 Å². The van der Waals surface area contributed by atoms with Gasteiger partial charge in [-0.3, -0.25) is 4.79 Å². The second kappa shape index (κ2) is 9.54. The van der Waals surface area contributed by atoms with Gasteiger partial charge >= 0.3 is 5.97 Å². The monoisotopic (exact) mass is 342 g/mol. The molecule has 0 aromatic heterocycles. The fourth-order valence-electron chi connectivity index (χ4n) is 3.49. The van der Waals surface area contributed by atoms with Gasteiger partial charge in [0.05, 0.1) is 18.1 Å². The van der Waals surface area contributed by atoms with Crippen LogP contribution in [0.3, 0.4) is 0 Å². The Morgan fingerprint density at radius 3 is 2.29 bits per heavy atom. The Kier molecular flexibility index (Phi) is 8.40. The van der Waals surface area contributed by atoms with Crippen molar-refractivity contribution in [3.8, 4) is 0 Å². The number of cyclic esters (lactones) is 1. The van der Waals surface area contributed by atoms with Gasteiger partial charge in [0.1, 0.15) is 12.7 Å². The maximum absolute atomic E-state index is 12.1. The fourth-order valence-corrected chi connectivity index (χ4v) is 3.49. The molecule has 2 N–H and O–H groups in total. The van der Waals surface area contributed by atoms with Gasteiger partial charge in [-0.05, 0) is 31.1 Å². The summed E-state index contributed by atoms with van der Waals surface area (Å²) >= 11 is 0. The molecule has 1 aliphatic heterocycles. The van der Waals surface area contributed by atoms with E-state index in [1.165, 1.54) is 0 Å². The minimum atomic E-state index is -1.11. The Morgan fingerprint density at radius 2 is 1.71 bits per heavy atom. The largest absolute Gasteiger partial charge is 0.463 e. The summed E-state index contributed by atoms with van der Waals surface area (Å²) in [5, 5.41) is 20.5. The van der Waals surface area contributed by atoms with Crippen molar-refractivity contribution in [3.63, 3.8) is 0 Å². The molecule has 1 aliphatic rings. The Bertz CT molecular complexity index is 422. The van der Waals surface area contributed by atoms with Gasteiger partial charge in [0.2, 0.25) is 0 Å².